The van der Waals surface area contributed by atoms with Crippen molar-refractivity contribution >= 4 is 17.1 Å². The highest BCUT2D eigenvalue weighted by Gasteiger charge is 2.62. The lowest BCUT2D eigenvalue weighted by atomic mass is 9.98. The Morgan fingerprint density at radius 3 is 2.00 bits per heavy atom. The molecule has 198 valence electrons. The Bertz CT molecular complexity index is 668. The molecule has 0 aliphatic carbocycles. The van der Waals surface area contributed by atoms with Crippen LogP contribution in [0.1, 0.15) is 74.7 Å². The maximum Gasteiger partial charge on any atom is 0.335 e. The van der Waals surface area contributed by atoms with Gasteiger partial charge in [0.25, 0.3) is 0 Å². The number of aliphatic hydroxyl groups is 2. The Labute approximate surface area is 208 Å². The first-order valence-electron chi connectivity index (χ1n) is 13.3. The van der Waals surface area contributed by atoms with Crippen LogP contribution >= 0.6 is 0 Å². The molecule has 0 aromatic heterocycles. The Morgan fingerprint density at radius 1 is 0.853 bits per heavy atom. The Hall–Kier alpha value is -0.106. The van der Waals surface area contributed by atoms with Crippen LogP contribution < -0.4 is 0 Å². The van der Waals surface area contributed by atoms with E-state index in [-0.39, 0.29) is 53.2 Å². The van der Waals surface area contributed by atoms with E-state index >= 15 is 0 Å². The minimum Gasteiger partial charge on any atom is -0.414 e. The smallest absolute Gasteiger partial charge is 0.335 e. The normalized spacial score (nSPS) is 34.8. The quantitative estimate of drug-likeness (QED) is 0.379. The van der Waals surface area contributed by atoms with Crippen LogP contribution in [0.5, 0.6) is 0 Å². The molecule has 3 aliphatic heterocycles. The van der Waals surface area contributed by atoms with Gasteiger partial charge in [0.15, 0.2) is 0 Å². The molecule has 7 nitrogen and oxygen atoms in total. The van der Waals surface area contributed by atoms with Gasteiger partial charge in [-0.05, 0) is 35.0 Å². The van der Waals surface area contributed by atoms with E-state index in [4.69, 9.17) is 22.4 Å². The van der Waals surface area contributed by atoms with Crippen molar-refractivity contribution < 1.29 is 32.7 Å². The summed E-state index contributed by atoms with van der Waals surface area (Å²) < 4.78 is 34.6. The predicted octanol–water partition coefficient (Wildman–Crippen LogP) is 4.56. The summed E-state index contributed by atoms with van der Waals surface area (Å²) in [5.74, 6) is 0. The molecule has 34 heavy (non-hydrogen) atoms. The molecule has 1 unspecified atom stereocenters. The first-order valence-corrected chi connectivity index (χ1v) is 17.2. The predicted molar refractivity (Wildman–Crippen MR) is 137 cm³/mol. The minimum atomic E-state index is -2.76. The zero-order valence-corrected chi connectivity index (χ0v) is 24.4. The van der Waals surface area contributed by atoms with Crippen molar-refractivity contribution in [3.63, 3.8) is 0 Å². The lowest BCUT2D eigenvalue weighted by molar-refractivity contribution is -0.121. The van der Waals surface area contributed by atoms with Crippen molar-refractivity contribution in [3.05, 3.63) is 12.2 Å². The molecule has 0 saturated carbocycles. The van der Waals surface area contributed by atoms with E-state index in [0.717, 1.165) is 19.4 Å². The van der Waals surface area contributed by atoms with E-state index in [1.165, 1.54) is 0 Å². The maximum atomic E-state index is 10.1. The van der Waals surface area contributed by atoms with Gasteiger partial charge in [0.1, 0.15) is 12.2 Å². The number of rotatable bonds is 7. The first kappa shape index (κ1) is 28.5. The van der Waals surface area contributed by atoms with Crippen molar-refractivity contribution in [1.29, 1.82) is 0 Å². The van der Waals surface area contributed by atoms with Gasteiger partial charge in [0.05, 0.1) is 31.0 Å². The van der Waals surface area contributed by atoms with Crippen LogP contribution in [-0.2, 0) is 22.4 Å². The lowest BCUT2D eigenvalue weighted by Crippen LogP contribution is -2.60. The van der Waals surface area contributed by atoms with Crippen LogP contribution in [0.3, 0.4) is 0 Å². The van der Waals surface area contributed by atoms with Gasteiger partial charge < -0.3 is 32.7 Å². The number of ether oxygens (including phenoxy) is 2. The molecule has 0 aromatic carbocycles. The lowest BCUT2D eigenvalue weighted by Gasteiger charge is -2.46. The molecule has 3 rings (SSSR count). The van der Waals surface area contributed by atoms with Crippen molar-refractivity contribution in [2.75, 3.05) is 13.2 Å². The van der Waals surface area contributed by atoms with E-state index < -0.39 is 29.3 Å². The van der Waals surface area contributed by atoms with Crippen molar-refractivity contribution in [1.82, 2.24) is 0 Å². The third-order valence-corrected chi connectivity index (χ3v) is 18.1. The third-order valence-electron chi connectivity index (χ3n) is 7.77. The zero-order chi connectivity index (χ0) is 25.3. The topological polar surface area (TPSA) is 86.6 Å². The van der Waals surface area contributed by atoms with E-state index in [1.807, 2.05) is 6.08 Å². The molecule has 6 atom stereocenters. The molecule has 9 heteroatoms. The highest BCUT2D eigenvalue weighted by Crippen LogP contribution is 2.49. The average Bonchev–Trinajstić information content (AvgIpc) is 3.02. The average molecular weight is 517 g/mol. The molecule has 0 bridgehead atoms. The van der Waals surface area contributed by atoms with Crippen molar-refractivity contribution in [3.8, 4) is 0 Å². The van der Waals surface area contributed by atoms with Gasteiger partial charge in [-0.3, -0.25) is 0 Å². The second kappa shape index (κ2) is 11.5. The Morgan fingerprint density at radius 2 is 1.44 bits per heavy atom. The monoisotopic (exact) mass is 516 g/mol. The molecule has 0 amide bonds. The van der Waals surface area contributed by atoms with Gasteiger partial charge in [-0.2, -0.15) is 0 Å². The largest absolute Gasteiger partial charge is 0.414 e. The van der Waals surface area contributed by atoms with E-state index in [1.54, 1.807) is 6.08 Å². The second-order valence-corrected chi connectivity index (χ2v) is 20.3. The van der Waals surface area contributed by atoms with E-state index in [9.17, 15) is 10.2 Å². The molecule has 2 N–H and O–H groups in total. The molecular formula is C25H48O7Si2. The van der Waals surface area contributed by atoms with Crippen molar-refractivity contribution in [2.24, 2.45) is 0 Å². The Balaban J connectivity index is 2.14. The maximum absolute atomic E-state index is 10.1. The summed E-state index contributed by atoms with van der Waals surface area (Å²) in [6.45, 7) is 18.2. The summed E-state index contributed by atoms with van der Waals surface area (Å²) in [7, 11) is -5.47. The molecule has 0 radical (unpaired) electrons. The fraction of sp³-hybridized carbons (Fsp3) is 0.920. The number of hydrogen-bond donors (Lipinski definition) is 2. The van der Waals surface area contributed by atoms with Crippen molar-refractivity contribution in [2.45, 2.75) is 133 Å². The van der Waals surface area contributed by atoms with Gasteiger partial charge in [-0.25, -0.2) is 0 Å². The molecule has 3 saturated heterocycles. The van der Waals surface area contributed by atoms with Gasteiger partial charge in [-0.1, -0.05) is 67.5 Å². The van der Waals surface area contributed by atoms with Crippen LogP contribution in [0.25, 0.3) is 0 Å². The summed E-state index contributed by atoms with van der Waals surface area (Å²) in [5.41, 5.74) is 0.982. The van der Waals surface area contributed by atoms with Gasteiger partial charge in [0.2, 0.25) is 0 Å². The Kier molecular flexibility index (Phi) is 9.64. The SMILES string of the molecule is CC(C)[Si]1(C(C)C)O[C@H]2[C@H](C[C@H]3OCCC[C@@H]3O[C@@H]2/C=C/C(O)CO)O[Si](C(C)C)(C(C)C)O1. The van der Waals surface area contributed by atoms with Gasteiger partial charge in [-0.15, -0.1) is 0 Å². The number of aliphatic hydroxyl groups excluding tert-OH is 2. The van der Waals surface area contributed by atoms with Crippen LogP contribution in [0.15, 0.2) is 12.2 Å². The van der Waals surface area contributed by atoms with Crippen LogP contribution in [0.2, 0.25) is 22.2 Å². The number of hydrogen-bond acceptors (Lipinski definition) is 7. The van der Waals surface area contributed by atoms with Gasteiger partial charge >= 0.3 is 17.1 Å². The first-order chi connectivity index (χ1) is 16.0. The summed E-state index contributed by atoms with van der Waals surface area (Å²) in [6.07, 6.45) is 4.04. The molecule has 3 aliphatic rings. The number of fused-ring (bicyclic) bond motifs is 2. The fourth-order valence-electron chi connectivity index (χ4n) is 5.85. The van der Waals surface area contributed by atoms with Crippen LogP contribution in [-0.4, -0.2) is 77.2 Å². The summed E-state index contributed by atoms with van der Waals surface area (Å²) >= 11 is 0. The zero-order valence-electron chi connectivity index (χ0n) is 22.4. The standard InChI is InChI=1S/C25H48O7Si2/c1-16(2)33(17(3)4)30-24-14-23-21(10-9-13-28-23)29-22(12-11-20(27)15-26)25(24)31-34(32-33,18(5)6)19(7)8/h11-12,16-27H,9-10,13-15H2,1-8H3/b12-11+/t20?,21-,22+,23+,24-,25+/m0/s1. The molecule has 3 fully saturated rings. The van der Waals surface area contributed by atoms with Gasteiger partial charge in [0, 0.05) is 13.0 Å². The minimum absolute atomic E-state index is 0.0435. The second-order valence-electron chi connectivity index (χ2n) is 11.5. The third kappa shape index (κ3) is 5.57. The highest BCUT2D eigenvalue weighted by atomic mass is 28.5. The molecule has 0 spiro atoms. The summed E-state index contributed by atoms with van der Waals surface area (Å²) in [5, 5.41) is 19.4. The van der Waals surface area contributed by atoms with Crippen LogP contribution in [0.4, 0.5) is 0 Å². The van der Waals surface area contributed by atoms with E-state index in [2.05, 4.69) is 55.4 Å². The fourth-order valence-corrected chi connectivity index (χ4v) is 17.2. The molecule has 0 aromatic rings. The molecular weight excluding hydrogens is 468 g/mol. The van der Waals surface area contributed by atoms with E-state index in [0.29, 0.717) is 6.42 Å². The van der Waals surface area contributed by atoms with Crippen LogP contribution in [0, 0.1) is 0 Å². The summed E-state index contributed by atoms with van der Waals surface area (Å²) in [6, 6.07) is 0. The molecule has 3 heterocycles. The summed E-state index contributed by atoms with van der Waals surface area (Å²) in [4.78, 5) is 0. The highest BCUT2D eigenvalue weighted by molar-refractivity contribution is 6.84.